The van der Waals surface area contributed by atoms with Crippen LogP contribution in [0.15, 0.2) is 42.5 Å². The van der Waals surface area contributed by atoms with E-state index in [2.05, 4.69) is 15.9 Å². The molecule has 0 N–H and O–H groups in total. The third-order valence-corrected chi connectivity index (χ3v) is 5.80. The topological polar surface area (TPSA) is 0 Å². The zero-order chi connectivity index (χ0) is 14.3. The molecule has 0 bridgehead atoms. The van der Waals surface area contributed by atoms with Crippen LogP contribution in [0.2, 0.25) is 5.02 Å². The van der Waals surface area contributed by atoms with E-state index in [-0.39, 0.29) is 9.85 Å². The fraction of sp³-hybridized carbons (Fsp3) is 0.0667. The van der Waals surface area contributed by atoms with Crippen molar-refractivity contribution >= 4 is 49.0 Å². The highest BCUT2D eigenvalue weighted by Gasteiger charge is 2.19. The molecule has 1 unspecified atom stereocenters. The minimum atomic E-state index is -0.935. The molecule has 0 aliphatic rings. The number of hydrogen-bond acceptors (Lipinski definition) is 1. The van der Waals surface area contributed by atoms with Gasteiger partial charge in [-0.25, -0.2) is 8.78 Å². The highest BCUT2D eigenvalue weighted by Crippen LogP contribution is 2.41. The molecular weight excluding hydrogens is 366 g/mol. The molecule has 20 heavy (non-hydrogen) atoms. The number of fused-ring (bicyclic) bond motifs is 1. The first kappa shape index (κ1) is 14.0. The lowest BCUT2D eigenvalue weighted by molar-refractivity contribution is 0.507. The summed E-state index contributed by atoms with van der Waals surface area (Å²) < 4.78 is 27.7. The first-order chi connectivity index (χ1) is 9.56. The second-order valence-electron chi connectivity index (χ2n) is 4.34. The van der Waals surface area contributed by atoms with Crippen molar-refractivity contribution in [3.63, 3.8) is 0 Å². The van der Waals surface area contributed by atoms with E-state index in [0.717, 1.165) is 27.1 Å². The van der Waals surface area contributed by atoms with Crippen molar-refractivity contribution < 1.29 is 8.78 Å². The minimum Gasteiger partial charge on any atom is -0.204 e. The fourth-order valence-corrected chi connectivity index (χ4v) is 4.26. The van der Waals surface area contributed by atoms with E-state index < -0.39 is 11.6 Å². The van der Waals surface area contributed by atoms with E-state index >= 15 is 0 Å². The van der Waals surface area contributed by atoms with Crippen LogP contribution in [0.4, 0.5) is 8.78 Å². The van der Waals surface area contributed by atoms with Crippen molar-refractivity contribution in [1.82, 2.24) is 0 Å². The molecule has 0 amide bonds. The first-order valence-electron chi connectivity index (χ1n) is 5.83. The number of alkyl halides is 1. The maximum atomic E-state index is 13.4. The molecule has 0 saturated heterocycles. The van der Waals surface area contributed by atoms with Crippen molar-refractivity contribution in [2.24, 2.45) is 0 Å². The standard InChI is InChI=1S/C15H8BrClF2S/c16-15(9-6-11(18)12(19)7-10(9)17)14-5-8-3-1-2-4-13(8)20-14/h1-7,15H. The van der Waals surface area contributed by atoms with Gasteiger partial charge in [-0.1, -0.05) is 45.7 Å². The Hall–Kier alpha value is -0.970. The predicted molar refractivity (Wildman–Crippen MR) is 84.0 cm³/mol. The maximum absolute atomic E-state index is 13.4. The molecule has 0 nitrogen and oxygen atoms in total. The average Bonchev–Trinajstić information content (AvgIpc) is 2.86. The van der Waals surface area contributed by atoms with Crippen LogP contribution >= 0.6 is 38.9 Å². The van der Waals surface area contributed by atoms with E-state index in [9.17, 15) is 8.78 Å². The zero-order valence-electron chi connectivity index (χ0n) is 10.0. The largest absolute Gasteiger partial charge is 0.204 e. The Morgan fingerprint density at radius 3 is 2.50 bits per heavy atom. The molecule has 0 fully saturated rings. The lowest BCUT2D eigenvalue weighted by Gasteiger charge is -2.10. The summed E-state index contributed by atoms with van der Waals surface area (Å²) in [6.07, 6.45) is 0. The number of thiophene rings is 1. The summed E-state index contributed by atoms with van der Waals surface area (Å²) in [5, 5.41) is 1.33. The van der Waals surface area contributed by atoms with Crippen LogP contribution in [0, 0.1) is 11.6 Å². The second kappa shape index (κ2) is 5.43. The van der Waals surface area contributed by atoms with Crippen molar-refractivity contribution in [3.05, 3.63) is 69.6 Å². The molecular formula is C15H8BrClF2S. The smallest absolute Gasteiger partial charge is 0.160 e. The predicted octanol–water partition coefficient (Wildman–Crippen LogP) is 6.32. The highest BCUT2D eigenvalue weighted by molar-refractivity contribution is 9.09. The second-order valence-corrected chi connectivity index (χ2v) is 6.78. The van der Waals surface area contributed by atoms with Crippen molar-refractivity contribution in [3.8, 4) is 0 Å². The summed E-state index contributed by atoms with van der Waals surface area (Å²) >= 11 is 11.1. The molecule has 1 heterocycles. The SMILES string of the molecule is Fc1cc(Cl)c(C(Br)c2cc3ccccc3s2)cc1F. The van der Waals surface area contributed by atoms with E-state index in [0.29, 0.717) is 5.56 Å². The van der Waals surface area contributed by atoms with Gasteiger partial charge in [0.25, 0.3) is 0 Å². The summed E-state index contributed by atoms with van der Waals surface area (Å²) in [7, 11) is 0. The van der Waals surface area contributed by atoms with Gasteiger partial charge in [0, 0.05) is 14.6 Å². The molecule has 1 atom stereocenters. The fourth-order valence-electron chi connectivity index (χ4n) is 2.01. The Labute approximate surface area is 132 Å². The Balaban J connectivity index is 2.07. The van der Waals surface area contributed by atoms with Gasteiger partial charge in [-0.05, 0) is 35.2 Å². The normalized spacial score (nSPS) is 12.8. The van der Waals surface area contributed by atoms with Gasteiger partial charge >= 0.3 is 0 Å². The van der Waals surface area contributed by atoms with Crippen LogP contribution in [-0.4, -0.2) is 0 Å². The van der Waals surface area contributed by atoms with Crippen molar-refractivity contribution in [2.75, 3.05) is 0 Å². The molecule has 0 aliphatic heterocycles. The summed E-state index contributed by atoms with van der Waals surface area (Å²) in [6, 6.07) is 12.1. The van der Waals surface area contributed by atoms with E-state index in [1.807, 2.05) is 30.3 Å². The quantitative estimate of drug-likeness (QED) is 0.364. The first-order valence-corrected chi connectivity index (χ1v) is 7.94. The van der Waals surface area contributed by atoms with Gasteiger partial charge in [0.1, 0.15) is 0 Å². The van der Waals surface area contributed by atoms with Gasteiger partial charge in [0.05, 0.1) is 4.83 Å². The lowest BCUT2D eigenvalue weighted by Crippen LogP contribution is -1.95. The van der Waals surface area contributed by atoms with Gasteiger partial charge in [0.2, 0.25) is 0 Å². The van der Waals surface area contributed by atoms with Crippen LogP contribution in [0.25, 0.3) is 10.1 Å². The molecule has 3 rings (SSSR count). The summed E-state index contributed by atoms with van der Waals surface area (Å²) in [5.41, 5.74) is 0.525. The zero-order valence-corrected chi connectivity index (χ0v) is 13.2. The Morgan fingerprint density at radius 1 is 1.05 bits per heavy atom. The summed E-state index contributed by atoms with van der Waals surface area (Å²) in [5.74, 6) is -1.83. The Bertz CT molecular complexity index is 752. The van der Waals surface area contributed by atoms with Gasteiger partial charge in [-0.15, -0.1) is 11.3 Å². The molecule has 0 spiro atoms. The van der Waals surface area contributed by atoms with Crippen LogP contribution in [0.5, 0.6) is 0 Å². The molecule has 0 saturated carbocycles. The van der Waals surface area contributed by atoms with Crippen LogP contribution in [-0.2, 0) is 0 Å². The van der Waals surface area contributed by atoms with Gasteiger partial charge in [-0.2, -0.15) is 0 Å². The van der Waals surface area contributed by atoms with E-state index in [4.69, 9.17) is 11.6 Å². The molecule has 2 aromatic carbocycles. The third-order valence-electron chi connectivity index (χ3n) is 3.01. The summed E-state index contributed by atoms with van der Waals surface area (Å²) in [6.45, 7) is 0. The van der Waals surface area contributed by atoms with Gasteiger partial charge in [0.15, 0.2) is 11.6 Å². The molecule has 0 radical (unpaired) electrons. The molecule has 102 valence electrons. The van der Waals surface area contributed by atoms with Crippen molar-refractivity contribution in [2.45, 2.75) is 4.83 Å². The Kier molecular flexibility index (Phi) is 3.80. The lowest BCUT2D eigenvalue weighted by atomic mass is 10.1. The third kappa shape index (κ3) is 2.48. The van der Waals surface area contributed by atoms with Crippen LogP contribution < -0.4 is 0 Å². The summed E-state index contributed by atoms with van der Waals surface area (Å²) in [4.78, 5) is 0.738. The average molecular weight is 374 g/mol. The van der Waals surface area contributed by atoms with Crippen LogP contribution in [0.3, 0.4) is 0 Å². The number of rotatable bonds is 2. The molecule has 3 aromatic rings. The molecule has 5 heteroatoms. The molecule has 1 aromatic heterocycles. The number of halogens is 4. The van der Waals surface area contributed by atoms with E-state index in [1.54, 1.807) is 11.3 Å². The number of hydrogen-bond donors (Lipinski definition) is 0. The van der Waals surface area contributed by atoms with Crippen molar-refractivity contribution in [1.29, 1.82) is 0 Å². The maximum Gasteiger partial charge on any atom is 0.160 e. The highest BCUT2D eigenvalue weighted by atomic mass is 79.9. The Morgan fingerprint density at radius 2 is 1.75 bits per heavy atom. The number of benzene rings is 2. The minimum absolute atomic E-state index is 0.211. The monoisotopic (exact) mass is 372 g/mol. The van der Waals surface area contributed by atoms with E-state index in [1.165, 1.54) is 0 Å². The van der Waals surface area contributed by atoms with Gasteiger partial charge in [-0.3, -0.25) is 0 Å². The van der Waals surface area contributed by atoms with Crippen LogP contribution in [0.1, 0.15) is 15.3 Å². The molecule has 0 aliphatic carbocycles. The van der Waals surface area contributed by atoms with Gasteiger partial charge < -0.3 is 0 Å².